The summed E-state index contributed by atoms with van der Waals surface area (Å²) in [6.45, 7) is 2.15. The van der Waals surface area contributed by atoms with Gasteiger partial charge in [0.2, 0.25) is 5.88 Å². The summed E-state index contributed by atoms with van der Waals surface area (Å²) in [7, 11) is 0. The van der Waals surface area contributed by atoms with Crippen LogP contribution in [0.2, 0.25) is 0 Å². The Bertz CT molecular complexity index is 889. The summed E-state index contributed by atoms with van der Waals surface area (Å²) in [6, 6.07) is 14.7. The van der Waals surface area contributed by atoms with Crippen LogP contribution in [0.5, 0.6) is 11.6 Å². The quantitative estimate of drug-likeness (QED) is 0.644. The van der Waals surface area contributed by atoms with Gasteiger partial charge in [0.1, 0.15) is 11.4 Å². The number of aryl methyl sites for hydroxylation is 3. The zero-order valence-electron chi connectivity index (χ0n) is 14.5. The molecule has 2 aromatic carbocycles. The van der Waals surface area contributed by atoms with E-state index >= 15 is 0 Å². The van der Waals surface area contributed by atoms with Crippen LogP contribution in [0.15, 0.2) is 54.9 Å². The molecule has 0 spiro atoms. The lowest BCUT2D eigenvalue weighted by atomic mass is 9.92. The minimum absolute atomic E-state index is 0.569. The normalized spacial score (nSPS) is 13.3. The summed E-state index contributed by atoms with van der Waals surface area (Å²) >= 11 is 0. The molecule has 0 fully saturated rings. The van der Waals surface area contributed by atoms with Crippen molar-refractivity contribution in [3.63, 3.8) is 0 Å². The fraction of sp³-hybridized carbons (Fsp3) is 0.273. The number of hydrogen-bond donors (Lipinski definition) is 0. The second kappa shape index (κ2) is 7.06. The van der Waals surface area contributed by atoms with Crippen molar-refractivity contribution in [2.75, 3.05) is 0 Å². The predicted molar refractivity (Wildman–Crippen MR) is 100 cm³/mol. The Hall–Kier alpha value is -2.68. The van der Waals surface area contributed by atoms with E-state index in [1.165, 1.54) is 36.0 Å². The van der Waals surface area contributed by atoms with Gasteiger partial charge in [-0.1, -0.05) is 37.3 Å². The molecule has 25 heavy (non-hydrogen) atoms. The molecule has 1 heterocycles. The molecule has 0 atom stereocenters. The molecular formula is C22H22N2O. The van der Waals surface area contributed by atoms with Gasteiger partial charge in [0.15, 0.2) is 0 Å². The molecule has 0 saturated carbocycles. The van der Waals surface area contributed by atoms with Gasteiger partial charge in [0, 0.05) is 18.0 Å². The Morgan fingerprint density at radius 3 is 2.60 bits per heavy atom. The van der Waals surface area contributed by atoms with Gasteiger partial charge in [-0.05, 0) is 60.9 Å². The Morgan fingerprint density at radius 2 is 1.72 bits per heavy atom. The van der Waals surface area contributed by atoms with E-state index < -0.39 is 0 Å². The highest BCUT2D eigenvalue weighted by Gasteiger charge is 2.15. The van der Waals surface area contributed by atoms with Crippen molar-refractivity contribution in [1.82, 2.24) is 9.97 Å². The van der Waals surface area contributed by atoms with E-state index in [-0.39, 0.29) is 0 Å². The zero-order valence-corrected chi connectivity index (χ0v) is 14.5. The van der Waals surface area contributed by atoms with Crippen molar-refractivity contribution in [2.24, 2.45) is 0 Å². The van der Waals surface area contributed by atoms with E-state index in [1.54, 1.807) is 12.4 Å². The summed E-state index contributed by atoms with van der Waals surface area (Å²) in [4.78, 5) is 9.01. The van der Waals surface area contributed by atoms with Gasteiger partial charge in [-0.3, -0.25) is 0 Å². The Balaban J connectivity index is 1.70. The number of fused-ring (bicyclic) bond motifs is 1. The number of benzene rings is 2. The van der Waals surface area contributed by atoms with E-state index in [4.69, 9.17) is 4.74 Å². The lowest BCUT2D eigenvalue weighted by molar-refractivity contribution is 0.461. The Kier molecular flexibility index (Phi) is 4.47. The van der Waals surface area contributed by atoms with Gasteiger partial charge in [-0.15, -0.1) is 0 Å². The van der Waals surface area contributed by atoms with Crippen LogP contribution >= 0.6 is 0 Å². The third-order valence-corrected chi connectivity index (χ3v) is 4.85. The first-order valence-electron chi connectivity index (χ1n) is 9.04. The van der Waals surface area contributed by atoms with Crippen LogP contribution in [0.25, 0.3) is 11.3 Å². The maximum atomic E-state index is 6.16. The van der Waals surface area contributed by atoms with Crippen LogP contribution in [0.1, 0.15) is 36.5 Å². The second-order valence-electron chi connectivity index (χ2n) is 6.46. The van der Waals surface area contributed by atoms with E-state index in [1.807, 2.05) is 12.1 Å². The first-order chi connectivity index (χ1) is 12.3. The zero-order chi connectivity index (χ0) is 17.1. The van der Waals surface area contributed by atoms with Crippen molar-refractivity contribution in [3.8, 4) is 22.9 Å². The number of nitrogens with zero attached hydrogens (tertiary/aromatic N) is 2. The van der Waals surface area contributed by atoms with Crippen molar-refractivity contribution in [3.05, 3.63) is 71.5 Å². The SMILES string of the molecule is CCc1ccccc1-c1nccnc1Oc1ccc2c(c1)CCCC2. The number of hydrogen-bond acceptors (Lipinski definition) is 3. The lowest BCUT2D eigenvalue weighted by Crippen LogP contribution is -2.03. The molecule has 3 nitrogen and oxygen atoms in total. The molecule has 1 aromatic heterocycles. The first kappa shape index (κ1) is 15.8. The minimum atomic E-state index is 0.569. The maximum absolute atomic E-state index is 6.16. The van der Waals surface area contributed by atoms with Crippen LogP contribution in [0.3, 0.4) is 0 Å². The molecule has 0 amide bonds. The standard InChI is InChI=1S/C22H22N2O/c1-2-16-7-5-6-10-20(16)21-22(24-14-13-23-21)25-19-12-11-17-8-3-4-9-18(17)15-19/h5-7,10-15H,2-4,8-9H2,1H3. The predicted octanol–water partition coefficient (Wildman–Crippen LogP) is 5.38. The molecule has 0 saturated heterocycles. The summed E-state index contributed by atoms with van der Waals surface area (Å²) in [5.74, 6) is 1.41. The van der Waals surface area contributed by atoms with Crippen LogP contribution < -0.4 is 4.74 Å². The highest BCUT2D eigenvalue weighted by Crippen LogP contribution is 2.33. The van der Waals surface area contributed by atoms with Crippen LogP contribution in [0, 0.1) is 0 Å². The molecule has 4 rings (SSSR count). The largest absolute Gasteiger partial charge is 0.437 e. The van der Waals surface area contributed by atoms with Crippen molar-refractivity contribution in [1.29, 1.82) is 0 Å². The molecular weight excluding hydrogens is 308 g/mol. The molecule has 0 N–H and O–H groups in total. The monoisotopic (exact) mass is 330 g/mol. The lowest BCUT2D eigenvalue weighted by Gasteiger charge is -2.17. The second-order valence-corrected chi connectivity index (χ2v) is 6.46. The van der Waals surface area contributed by atoms with E-state index in [0.717, 1.165) is 29.8 Å². The third-order valence-electron chi connectivity index (χ3n) is 4.85. The molecule has 0 unspecified atom stereocenters. The van der Waals surface area contributed by atoms with Gasteiger partial charge in [0.25, 0.3) is 0 Å². The highest BCUT2D eigenvalue weighted by atomic mass is 16.5. The fourth-order valence-electron chi connectivity index (χ4n) is 3.53. The molecule has 0 radical (unpaired) electrons. The highest BCUT2D eigenvalue weighted by molar-refractivity contribution is 5.68. The van der Waals surface area contributed by atoms with Gasteiger partial charge in [-0.25, -0.2) is 9.97 Å². The average molecular weight is 330 g/mol. The van der Waals surface area contributed by atoms with Crippen LogP contribution in [-0.4, -0.2) is 9.97 Å². The third kappa shape index (κ3) is 3.27. The summed E-state index contributed by atoms with van der Waals surface area (Å²) in [6.07, 6.45) is 9.22. The average Bonchev–Trinajstić information content (AvgIpc) is 2.68. The Morgan fingerprint density at radius 1 is 0.920 bits per heavy atom. The summed E-state index contributed by atoms with van der Waals surface area (Å²) in [5.41, 5.74) is 6.00. The molecule has 3 aromatic rings. The van der Waals surface area contributed by atoms with Crippen molar-refractivity contribution in [2.45, 2.75) is 39.0 Å². The number of rotatable bonds is 4. The number of ether oxygens (including phenoxy) is 1. The number of aromatic nitrogens is 2. The summed E-state index contributed by atoms with van der Waals surface area (Å²) in [5, 5.41) is 0. The van der Waals surface area contributed by atoms with Crippen LogP contribution in [0.4, 0.5) is 0 Å². The molecule has 0 bridgehead atoms. The smallest absolute Gasteiger partial charge is 0.246 e. The molecule has 1 aliphatic carbocycles. The van der Waals surface area contributed by atoms with E-state index in [0.29, 0.717) is 5.88 Å². The molecule has 3 heteroatoms. The van der Waals surface area contributed by atoms with Gasteiger partial charge >= 0.3 is 0 Å². The Labute approximate surface area is 148 Å². The molecule has 0 aliphatic heterocycles. The van der Waals surface area contributed by atoms with Crippen molar-refractivity contribution < 1.29 is 4.74 Å². The summed E-state index contributed by atoms with van der Waals surface area (Å²) < 4.78 is 6.16. The van der Waals surface area contributed by atoms with Gasteiger partial charge < -0.3 is 4.74 Å². The van der Waals surface area contributed by atoms with Gasteiger partial charge in [-0.2, -0.15) is 0 Å². The minimum Gasteiger partial charge on any atom is -0.437 e. The van der Waals surface area contributed by atoms with Gasteiger partial charge in [0.05, 0.1) is 0 Å². The van der Waals surface area contributed by atoms with E-state index in [9.17, 15) is 0 Å². The molecule has 1 aliphatic rings. The van der Waals surface area contributed by atoms with Crippen molar-refractivity contribution >= 4 is 0 Å². The fourth-order valence-corrected chi connectivity index (χ4v) is 3.53. The van der Waals surface area contributed by atoms with Crippen LogP contribution in [-0.2, 0) is 19.3 Å². The molecule has 126 valence electrons. The van der Waals surface area contributed by atoms with E-state index in [2.05, 4.69) is 47.2 Å². The first-order valence-corrected chi connectivity index (χ1v) is 9.04. The topological polar surface area (TPSA) is 35.0 Å². The maximum Gasteiger partial charge on any atom is 0.246 e.